The summed E-state index contributed by atoms with van der Waals surface area (Å²) in [6, 6.07) is 0. The van der Waals surface area contributed by atoms with Crippen LogP contribution in [0.25, 0.3) is 0 Å². The summed E-state index contributed by atoms with van der Waals surface area (Å²) in [6.45, 7) is 0.650. The summed E-state index contributed by atoms with van der Waals surface area (Å²) in [4.78, 5) is 10.8. The monoisotopic (exact) mass is 282 g/mol. The molecule has 1 aliphatic rings. The molecular formula is C7H11IN2O2. The molecule has 1 heterocycles. The highest BCUT2D eigenvalue weighted by Gasteiger charge is 2.17. The maximum atomic E-state index is 10.8. The van der Waals surface area contributed by atoms with Crippen molar-refractivity contribution in [2.75, 3.05) is 13.7 Å². The lowest BCUT2D eigenvalue weighted by molar-refractivity contribution is -0.140. The fourth-order valence-electron chi connectivity index (χ4n) is 0.939. The fourth-order valence-corrected chi connectivity index (χ4v) is 1.59. The Labute approximate surface area is 85.1 Å². The number of carbonyl (C=O) groups excluding carboxylic acids is 1. The second-order valence-corrected chi connectivity index (χ2v) is 3.90. The first-order chi connectivity index (χ1) is 5.74. The van der Waals surface area contributed by atoms with Crippen molar-refractivity contribution < 1.29 is 9.53 Å². The molecule has 0 N–H and O–H groups in total. The van der Waals surface area contributed by atoms with Gasteiger partial charge in [-0.3, -0.25) is 9.80 Å². The number of ether oxygens (including phenoxy) is 1. The number of alkyl halides is 1. The van der Waals surface area contributed by atoms with Gasteiger partial charge in [0, 0.05) is 19.2 Å². The van der Waals surface area contributed by atoms with Crippen LogP contribution in [-0.4, -0.2) is 34.9 Å². The van der Waals surface area contributed by atoms with E-state index in [1.807, 2.05) is 11.2 Å². The second kappa shape index (κ2) is 4.64. The smallest absolute Gasteiger partial charge is 0.307 e. The topological polar surface area (TPSA) is 41.9 Å². The van der Waals surface area contributed by atoms with Crippen LogP contribution in [0.1, 0.15) is 12.8 Å². The summed E-state index contributed by atoms with van der Waals surface area (Å²) in [5.74, 6) is -0.180. The zero-order chi connectivity index (χ0) is 8.97. The quantitative estimate of drug-likeness (QED) is 0.336. The molecule has 0 aromatic heterocycles. The number of carbonyl (C=O) groups is 1. The van der Waals surface area contributed by atoms with E-state index in [1.54, 1.807) is 0 Å². The lowest BCUT2D eigenvalue weighted by Gasteiger charge is -2.17. The predicted molar refractivity (Wildman–Crippen MR) is 54.3 cm³/mol. The number of nitrogens with zero attached hydrogens (tertiary/aromatic N) is 2. The van der Waals surface area contributed by atoms with Gasteiger partial charge in [0.1, 0.15) is 4.05 Å². The summed E-state index contributed by atoms with van der Waals surface area (Å²) in [5.41, 5.74) is 0. The number of halogens is 1. The largest absolute Gasteiger partial charge is 0.469 e. The molecule has 0 radical (unpaired) electrons. The third-order valence-electron chi connectivity index (χ3n) is 1.63. The zero-order valence-corrected chi connectivity index (χ0v) is 9.02. The highest BCUT2D eigenvalue weighted by Crippen LogP contribution is 2.17. The molecule has 0 aliphatic carbocycles. The van der Waals surface area contributed by atoms with Crippen LogP contribution in [0.3, 0.4) is 0 Å². The van der Waals surface area contributed by atoms with Crippen LogP contribution in [0, 0.1) is 0 Å². The maximum Gasteiger partial charge on any atom is 0.307 e. The molecule has 0 aromatic rings. The highest BCUT2D eigenvalue weighted by atomic mass is 127. The average Bonchev–Trinajstić information content (AvgIpc) is 2.47. The molecule has 0 aromatic carbocycles. The van der Waals surface area contributed by atoms with Crippen molar-refractivity contribution in [1.29, 1.82) is 0 Å². The summed E-state index contributed by atoms with van der Waals surface area (Å²) in [7, 11) is 1.40. The third-order valence-corrected chi connectivity index (χ3v) is 2.78. The molecule has 5 heteroatoms. The van der Waals surface area contributed by atoms with E-state index in [0.29, 0.717) is 17.0 Å². The van der Waals surface area contributed by atoms with Crippen LogP contribution in [0.4, 0.5) is 0 Å². The third kappa shape index (κ3) is 2.62. The van der Waals surface area contributed by atoms with Crippen LogP contribution >= 0.6 is 22.6 Å². The number of rotatable bonds is 3. The molecule has 1 aliphatic heterocycles. The lowest BCUT2D eigenvalue weighted by atomic mass is 10.4. The highest BCUT2D eigenvalue weighted by molar-refractivity contribution is 14.1. The SMILES string of the molecule is COC(=O)CCN1N=CCC1I. The van der Waals surface area contributed by atoms with Gasteiger partial charge in [-0.25, -0.2) is 0 Å². The summed E-state index contributed by atoms with van der Waals surface area (Å²) in [5, 5.41) is 6.02. The molecule has 1 atom stereocenters. The summed E-state index contributed by atoms with van der Waals surface area (Å²) in [6.07, 6.45) is 3.24. The van der Waals surface area contributed by atoms with Crippen molar-refractivity contribution in [3.8, 4) is 0 Å². The van der Waals surface area contributed by atoms with E-state index in [4.69, 9.17) is 0 Å². The minimum absolute atomic E-state index is 0.180. The number of hydrogen-bond donors (Lipinski definition) is 0. The van der Waals surface area contributed by atoms with Crippen molar-refractivity contribution >= 4 is 34.8 Å². The molecule has 4 nitrogen and oxygen atoms in total. The molecule has 1 unspecified atom stereocenters. The molecule has 12 heavy (non-hydrogen) atoms. The van der Waals surface area contributed by atoms with Gasteiger partial charge in [0.15, 0.2) is 0 Å². The number of esters is 1. The molecule has 0 saturated carbocycles. The lowest BCUT2D eigenvalue weighted by Crippen LogP contribution is -2.24. The molecule has 0 fully saturated rings. The van der Waals surface area contributed by atoms with Gasteiger partial charge in [0.25, 0.3) is 0 Å². The Kier molecular flexibility index (Phi) is 3.77. The van der Waals surface area contributed by atoms with Gasteiger partial charge in [0.05, 0.1) is 13.5 Å². The summed E-state index contributed by atoms with van der Waals surface area (Å²) >= 11 is 2.30. The predicted octanol–water partition coefficient (Wildman–Crippen LogP) is 1.00. The van der Waals surface area contributed by atoms with Crippen molar-refractivity contribution in [1.82, 2.24) is 5.01 Å². The van der Waals surface area contributed by atoms with Crippen LogP contribution in [-0.2, 0) is 9.53 Å². The fraction of sp³-hybridized carbons (Fsp3) is 0.714. The number of methoxy groups -OCH3 is 1. The van der Waals surface area contributed by atoms with Gasteiger partial charge in [-0.1, -0.05) is 22.6 Å². The van der Waals surface area contributed by atoms with E-state index < -0.39 is 0 Å². The molecule has 68 valence electrons. The molecule has 0 spiro atoms. The van der Waals surface area contributed by atoms with Gasteiger partial charge in [0.2, 0.25) is 0 Å². The molecule has 0 amide bonds. The minimum atomic E-state index is -0.180. The standard InChI is InChI=1S/C7H11IN2O2/c1-12-7(11)3-5-10-6(8)2-4-9-10/h4,6H,2-3,5H2,1H3. The Morgan fingerprint density at radius 3 is 3.17 bits per heavy atom. The zero-order valence-electron chi connectivity index (χ0n) is 6.86. The van der Waals surface area contributed by atoms with Gasteiger partial charge < -0.3 is 4.74 Å². The van der Waals surface area contributed by atoms with E-state index in [9.17, 15) is 4.79 Å². The van der Waals surface area contributed by atoms with E-state index in [2.05, 4.69) is 32.4 Å². The first kappa shape index (κ1) is 9.76. The van der Waals surface area contributed by atoms with E-state index >= 15 is 0 Å². The second-order valence-electron chi connectivity index (χ2n) is 2.46. The van der Waals surface area contributed by atoms with Gasteiger partial charge in [-0.15, -0.1) is 0 Å². The minimum Gasteiger partial charge on any atom is -0.469 e. The van der Waals surface area contributed by atoms with E-state index in [-0.39, 0.29) is 5.97 Å². The Morgan fingerprint density at radius 2 is 2.67 bits per heavy atom. The normalized spacial score (nSPS) is 21.5. The van der Waals surface area contributed by atoms with Crippen LogP contribution < -0.4 is 0 Å². The first-order valence-electron chi connectivity index (χ1n) is 3.74. The number of hydrogen-bond acceptors (Lipinski definition) is 4. The molecule has 0 saturated heterocycles. The first-order valence-corrected chi connectivity index (χ1v) is 4.98. The van der Waals surface area contributed by atoms with Crippen LogP contribution in [0.15, 0.2) is 5.10 Å². The van der Waals surface area contributed by atoms with Crippen molar-refractivity contribution in [2.45, 2.75) is 16.9 Å². The van der Waals surface area contributed by atoms with Gasteiger partial charge >= 0.3 is 5.97 Å². The van der Waals surface area contributed by atoms with Crippen LogP contribution in [0.2, 0.25) is 0 Å². The van der Waals surface area contributed by atoms with E-state index in [0.717, 1.165) is 6.42 Å². The van der Waals surface area contributed by atoms with E-state index in [1.165, 1.54) is 7.11 Å². The summed E-state index contributed by atoms with van der Waals surface area (Å²) < 4.78 is 4.92. The van der Waals surface area contributed by atoms with Crippen molar-refractivity contribution in [3.05, 3.63) is 0 Å². The maximum absolute atomic E-state index is 10.8. The van der Waals surface area contributed by atoms with Gasteiger partial charge in [-0.05, 0) is 0 Å². The van der Waals surface area contributed by atoms with Crippen molar-refractivity contribution in [2.24, 2.45) is 5.10 Å². The Morgan fingerprint density at radius 1 is 1.92 bits per heavy atom. The Hall–Kier alpha value is -0.330. The Bertz CT molecular complexity index is 196. The molecular weight excluding hydrogens is 271 g/mol. The molecule has 0 bridgehead atoms. The Balaban J connectivity index is 2.23. The number of hydrazone groups is 1. The van der Waals surface area contributed by atoms with Crippen molar-refractivity contribution in [3.63, 3.8) is 0 Å². The van der Waals surface area contributed by atoms with Gasteiger partial charge in [-0.2, -0.15) is 5.10 Å². The van der Waals surface area contributed by atoms with Crippen LogP contribution in [0.5, 0.6) is 0 Å². The average molecular weight is 282 g/mol. The molecule has 1 rings (SSSR count).